The molecule has 0 aliphatic rings. The highest BCUT2D eigenvalue weighted by Gasteiger charge is 2.18. The first-order chi connectivity index (χ1) is 13.1. The van der Waals surface area contributed by atoms with Gasteiger partial charge in [-0.25, -0.2) is 0 Å². The standard InChI is InChI=1S/C17H14Cl2N8/c1-10-5-3-4-6-13(10)26-15(20-22-24-26)9-16-21-23-25-27(16)14-8-7-12(18)17(19)11(14)2/h3-8H,9H2,1-2H3. The molecule has 0 unspecified atom stereocenters. The van der Waals surface area contributed by atoms with E-state index in [9.17, 15) is 0 Å². The normalized spacial score (nSPS) is 11.1. The van der Waals surface area contributed by atoms with Crippen molar-refractivity contribution >= 4 is 23.2 Å². The molecule has 27 heavy (non-hydrogen) atoms. The van der Waals surface area contributed by atoms with Crippen LogP contribution in [-0.2, 0) is 6.42 Å². The number of rotatable bonds is 4. The molecule has 0 fully saturated rings. The summed E-state index contributed by atoms with van der Waals surface area (Å²) in [7, 11) is 0. The number of aryl methyl sites for hydroxylation is 1. The molecule has 0 aliphatic carbocycles. The molecule has 0 atom stereocenters. The van der Waals surface area contributed by atoms with Crippen molar-refractivity contribution in [3.63, 3.8) is 0 Å². The third-order valence-corrected chi connectivity index (χ3v) is 5.17. The molecule has 8 nitrogen and oxygen atoms in total. The molecule has 2 heterocycles. The second-order valence-electron chi connectivity index (χ2n) is 5.98. The smallest absolute Gasteiger partial charge is 0.164 e. The van der Waals surface area contributed by atoms with Crippen LogP contribution in [0.5, 0.6) is 0 Å². The largest absolute Gasteiger partial charge is 0.197 e. The third kappa shape index (κ3) is 3.17. The lowest BCUT2D eigenvalue weighted by Crippen LogP contribution is -2.10. The molecule has 2 aromatic heterocycles. The maximum absolute atomic E-state index is 6.27. The SMILES string of the molecule is Cc1ccccc1-n1nnnc1Cc1nnnn1-c1ccc(Cl)c(Cl)c1C. The van der Waals surface area contributed by atoms with Gasteiger partial charge < -0.3 is 0 Å². The molecule has 0 radical (unpaired) electrons. The Kier molecular flexibility index (Phi) is 4.59. The Morgan fingerprint density at radius 2 is 1.44 bits per heavy atom. The van der Waals surface area contributed by atoms with Crippen LogP contribution in [0.15, 0.2) is 36.4 Å². The van der Waals surface area contributed by atoms with Crippen LogP contribution in [0.4, 0.5) is 0 Å². The van der Waals surface area contributed by atoms with Gasteiger partial charge in [0.05, 0.1) is 27.8 Å². The molecule has 4 aromatic rings. The van der Waals surface area contributed by atoms with E-state index in [1.165, 1.54) is 0 Å². The van der Waals surface area contributed by atoms with Crippen molar-refractivity contribution in [2.75, 3.05) is 0 Å². The van der Waals surface area contributed by atoms with Gasteiger partial charge in [-0.1, -0.05) is 41.4 Å². The van der Waals surface area contributed by atoms with Gasteiger partial charge in [0.25, 0.3) is 0 Å². The van der Waals surface area contributed by atoms with Gasteiger partial charge >= 0.3 is 0 Å². The van der Waals surface area contributed by atoms with E-state index in [1.54, 1.807) is 15.4 Å². The molecule has 0 bridgehead atoms. The van der Waals surface area contributed by atoms with Crippen molar-refractivity contribution in [1.29, 1.82) is 0 Å². The van der Waals surface area contributed by atoms with Crippen LogP contribution in [0.3, 0.4) is 0 Å². The predicted molar refractivity (Wildman–Crippen MR) is 101 cm³/mol. The Hall–Kier alpha value is -2.84. The van der Waals surface area contributed by atoms with E-state index in [2.05, 4.69) is 31.1 Å². The van der Waals surface area contributed by atoms with Gasteiger partial charge in [-0.15, -0.1) is 10.2 Å². The molecule has 0 saturated carbocycles. The first kappa shape index (κ1) is 17.6. The van der Waals surface area contributed by atoms with Crippen molar-refractivity contribution in [1.82, 2.24) is 40.4 Å². The Bertz CT molecular complexity index is 1120. The fourth-order valence-corrected chi connectivity index (χ4v) is 3.18. The van der Waals surface area contributed by atoms with Crippen molar-refractivity contribution in [3.8, 4) is 11.4 Å². The number of tetrazole rings is 2. The van der Waals surface area contributed by atoms with E-state index >= 15 is 0 Å². The van der Waals surface area contributed by atoms with E-state index in [-0.39, 0.29) is 0 Å². The van der Waals surface area contributed by atoms with Crippen LogP contribution in [0.25, 0.3) is 11.4 Å². The van der Waals surface area contributed by atoms with Gasteiger partial charge in [0.2, 0.25) is 0 Å². The summed E-state index contributed by atoms with van der Waals surface area (Å²) in [6.07, 6.45) is 0.341. The Morgan fingerprint density at radius 1 is 0.815 bits per heavy atom. The third-order valence-electron chi connectivity index (χ3n) is 4.27. The van der Waals surface area contributed by atoms with E-state index in [0.717, 1.165) is 22.5 Å². The Balaban J connectivity index is 1.74. The van der Waals surface area contributed by atoms with E-state index in [1.807, 2.05) is 44.2 Å². The number of para-hydroxylation sites is 1. The average molecular weight is 401 g/mol. The molecule has 2 aromatic carbocycles. The topological polar surface area (TPSA) is 87.2 Å². The summed E-state index contributed by atoms with van der Waals surface area (Å²) in [5.74, 6) is 1.21. The van der Waals surface area contributed by atoms with E-state index in [4.69, 9.17) is 23.2 Å². The lowest BCUT2D eigenvalue weighted by atomic mass is 10.2. The zero-order valence-corrected chi connectivity index (χ0v) is 16.0. The monoisotopic (exact) mass is 400 g/mol. The van der Waals surface area contributed by atoms with Crippen molar-refractivity contribution in [3.05, 3.63) is 69.2 Å². The number of benzene rings is 2. The second kappa shape index (κ2) is 7.05. The highest BCUT2D eigenvalue weighted by molar-refractivity contribution is 6.42. The van der Waals surface area contributed by atoms with Crippen LogP contribution in [0, 0.1) is 13.8 Å². The highest BCUT2D eigenvalue weighted by atomic mass is 35.5. The van der Waals surface area contributed by atoms with Crippen molar-refractivity contribution in [2.45, 2.75) is 20.3 Å². The molecule has 10 heteroatoms. The minimum absolute atomic E-state index is 0.341. The molecule has 0 spiro atoms. The van der Waals surface area contributed by atoms with Crippen LogP contribution >= 0.6 is 23.2 Å². The lowest BCUT2D eigenvalue weighted by molar-refractivity contribution is 0.736. The van der Waals surface area contributed by atoms with Crippen LogP contribution < -0.4 is 0 Å². The number of nitrogens with zero attached hydrogens (tertiary/aromatic N) is 8. The van der Waals surface area contributed by atoms with Gasteiger partial charge in [-0.2, -0.15) is 9.36 Å². The summed E-state index contributed by atoms with van der Waals surface area (Å²) in [6, 6.07) is 11.4. The molecule has 0 amide bonds. The van der Waals surface area contributed by atoms with Crippen LogP contribution in [-0.4, -0.2) is 40.4 Å². The maximum atomic E-state index is 6.27. The first-order valence-corrected chi connectivity index (χ1v) is 8.87. The van der Waals surface area contributed by atoms with Crippen molar-refractivity contribution in [2.24, 2.45) is 0 Å². The highest BCUT2D eigenvalue weighted by Crippen LogP contribution is 2.30. The fourth-order valence-electron chi connectivity index (χ4n) is 2.82. The Labute approximate surface area is 164 Å². The second-order valence-corrected chi connectivity index (χ2v) is 6.77. The van der Waals surface area contributed by atoms with Gasteiger partial charge in [-0.3, -0.25) is 0 Å². The number of hydrogen-bond acceptors (Lipinski definition) is 6. The summed E-state index contributed by atoms with van der Waals surface area (Å²) < 4.78 is 3.31. The van der Waals surface area contributed by atoms with E-state index in [0.29, 0.717) is 28.1 Å². The molecule has 0 saturated heterocycles. The minimum atomic E-state index is 0.341. The molecular formula is C17H14Cl2N8. The molecule has 4 rings (SSSR count). The predicted octanol–water partition coefficient (Wildman–Crippen LogP) is 3.15. The first-order valence-electron chi connectivity index (χ1n) is 8.11. The molecular weight excluding hydrogens is 387 g/mol. The molecule has 0 N–H and O–H groups in total. The zero-order chi connectivity index (χ0) is 19.0. The van der Waals surface area contributed by atoms with Crippen LogP contribution in [0.1, 0.15) is 22.8 Å². The number of halogens is 2. The zero-order valence-electron chi connectivity index (χ0n) is 14.5. The lowest BCUT2D eigenvalue weighted by Gasteiger charge is -2.10. The van der Waals surface area contributed by atoms with Gasteiger partial charge in [0.15, 0.2) is 11.6 Å². The fraction of sp³-hybridized carbons (Fsp3) is 0.176. The van der Waals surface area contributed by atoms with Gasteiger partial charge in [-0.05, 0) is 64.0 Å². The number of aromatic nitrogens is 8. The summed E-state index contributed by atoms with van der Waals surface area (Å²) in [5, 5.41) is 25.1. The quantitative estimate of drug-likeness (QED) is 0.522. The summed E-state index contributed by atoms with van der Waals surface area (Å²) in [6.45, 7) is 3.87. The average Bonchev–Trinajstić information content (AvgIpc) is 3.31. The van der Waals surface area contributed by atoms with Gasteiger partial charge in [0.1, 0.15) is 0 Å². The molecule has 136 valence electrons. The van der Waals surface area contributed by atoms with Gasteiger partial charge in [0, 0.05) is 0 Å². The summed E-state index contributed by atoms with van der Waals surface area (Å²) in [5.41, 5.74) is 3.50. The summed E-state index contributed by atoms with van der Waals surface area (Å²) in [4.78, 5) is 0. The maximum Gasteiger partial charge on any atom is 0.164 e. The Morgan fingerprint density at radius 3 is 2.11 bits per heavy atom. The molecule has 0 aliphatic heterocycles. The summed E-state index contributed by atoms with van der Waals surface area (Å²) >= 11 is 12.4. The number of hydrogen-bond donors (Lipinski definition) is 0. The van der Waals surface area contributed by atoms with E-state index < -0.39 is 0 Å². The van der Waals surface area contributed by atoms with Crippen molar-refractivity contribution < 1.29 is 0 Å². The van der Waals surface area contributed by atoms with Crippen LogP contribution in [0.2, 0.25) is 10.0 Å². The minimum Gasteiger partial charge on any atom is -0.197 e.